The van der Waals surface area contributed by atoms with E-state index in [1.165, 1.54) is 0 Å². The Morgan fingerprint density at radius 3 is 2.36 bits per heavy atom. The molecule has 1 saturated heterocycles. The van der Waals surface area contributed by atoms with Gasteiger partial charge in [-0.1, -0.05) is 48.5 Å². The van der Waals surface area contributed by atoms with Crippen molar-refractivity contribution in [2.24, 2.45) is 0 Å². The molecule has 2 aromatic carbocycles. The average molecular weight is 374 g/mol. The molecule has 0 atom stereocenters. The lowest BCUT2D eigenvalue weighted by molar-refractivity contribution is 0.0980. The summed E-state index contributed by atoms with van der Waals surface area (Å²) in [5, 5.41) is 0. The Morgan fingerprint density at radius 1 is 0.964 bits per heavy atom. The molecule has 3 aromatic rings. The van der Waals surface area contributed by atoms with Crippen LogP contribution in [0.2, 0.25) is 0 Å². The minimum absolute atomic E-state index is 0.146. The van der Waals surface area contributed by atoms with Crippen molar-refractivity contribution in [3.8, 4) is 0 Å². The summed E-state index contributed by atoms with van der Waals surface area (Å²) in [6.45, 7) is 3.21. The minimum atomic E-state index is -0.146. The second-order valence-electron chi connectivity index (χ2n) is 6.55. The minimum Gasteiger partial charge on any atom is -0.378 e. The number of nitrogens with zero attached hydrogens (tertiary/aromatic N) is 4. The molecule has 1 amide bonds. The first-order chi connectivity index (χ1) is 13.8. The fourth-order valence-electron chi connectivity index (χ4n) is 3.18. The van der Waals surface area contributed by atoms with E-state index >= 15 is 0 Å². The van der Waals surface area contributed by atoms with E-state index < -0.39 is 0 Å². The van der Waals surface area contributed by atoms with Gasteiger partial charge in [-0.3, -0.25) is 4.79 Å². The SMILES string of the molecule is O=C(c1ccnc(N2CCOCC2)n1)N(Cc1ccccc1)c1ccccc1. The number of carbonyl (C=O) groups is 1. The van der Waals surface area contributed by atoms with Crippen LogP contribution >= 0.6 is 0 Å². The highest BCUT2D eigenvalue weighted by Gasteiger charge is 2.21. The molecule has 28 heavy (non-hydrogen) atoms. The predicted molar refractivity (Wildman–Crippen MR) is 108 cm³/mol. The molecule has 4 rings (SSSR count). The van der Waals surface area contributed by atoms with Crippen molar-refractivity contribution in [1.82, 2.24) is 9.97 Å². The maximum absolute atomic E-state index is 13.4. The number of hydrogen-bond acceptors (Lipinski definition) is 5. The van der Waals surface area contributed by atoms with E-state index in [0.717, 1.165) is 24.3 Å². The van der Waals surface area contributed by atoms with Crippen LogP contribution in [0.3, 0.4) is 0 Å². The van der Waals surface area contributed by atoms with E-state index in [9.17, 15) is 4.79 Å². The van der Waals surface area contributed by atoms with Crippen molar-refractivity contribution in [2.75, 3.05) is 36.1 Å². The molecule has 0 spiro atoms. The Kier molecular flexibility index (Phi) is 5.58. The quantitative estimate of drug-likeness (QED) is 0.687. The van der Waals surface area contributed by atoms with Crippen molar-refractivity contribution in [1.29, 1.82) is 0 Å². The molecule has 1 aliphatic rings. The van der Waals surface area contributed by atoms with Gasteiger partial charge < -0.3 is 14.5 Å². The number of ether oxygens (including phenoxy) is 1. The van der Waals surface area contributed by atoms with E-state index in [0.29, 0.717) is 31.4 Å². The van der Waals surface area contributed by atoms with Gasteiger partial charge in [-0.15, -0.1) is 0 Å². The summed E-state index contributed by atoms with van der Waals surface area (Å²) in [5.74, 6) is 0.425. The Morgan fingerprint density at radius 2 is 1.64 bits per heavy atom. The lowest BCUT2D eigenvalue weighted by Gasteiger charge is -2.27. The monoisotopic (exact) mass is 374 g/mol. The van der Waals surface area contributed by atoms with E-state index in [4.69, 9.17) is 4.74 Å². The fraction of sp³-hybridized carbons (Fsp3) is 0.227. The van der Waals surface area contributed by atoms with Gasteiger partial charge in [0, 0.05) is 25.0 Å². The third kappa shape index (κ3) is 4.18. The molecule has 1 fully saturated rings. The van der Waals surface area contributed by atoms with Crippen LogP contribution in [0, 0.1) is 0 Å². The van der Waals surface area contributed by atoms with Gasteiger partial charge in [0.25, 0.3) is 5.91 Å². The molecule has 0 aliphatic carbocycles. The number of anilines is 2. The maximum atomic E-state index is 13.4. The lowest BCUT2D eigenvalue weighted by atomic mass is 10.2. The summed E-state index contributed by atoms with van der Waals surface area (Å²) in [6.07, 6.45) is 1.65. The Bertz CT molecular complexity index is 912. The van der Waals surface area contributed by atoms with Crippen molar-refractivity contribution < 1.29 is 9.53 Å². The van der Waals surface area contributed by atoms with E-state index in [2.05, 4.69) is 9.97 Å². The Labute approximate surface area is 164 Å². The molecule has 1 aliphatic heterocycles. The van der Waals surface area contributed by atoms with Crippen molar-refractivity contribution >= 4 is 17.5 Å². The first kappa shape index (κ1) is 18.1. The van der Waals surface area contributed by atoms with E-state index in [1.54, 1.807) is 17.2 Å². The van der Waals surface area contributed by atoms with Crippen LogP contribution in [-0.2, 0) is 11.3 Å². The molecule has 0 radical (unpaired) electrons. The molecule has 0 bridgehead atoms. The van der Waals surface area contributed by atoms with Gasteiger partial charge in [-0.05, 0) is 23.8 Å². The summed E-state index contributed by atoms with van der Waals surface area (Å²) in [5.41, 5.74) is 2.28. The Balaban J connectivity index is 1.63. The normalized spacial score (nSPS) is 13.9. The molecule has 6 heteroatoms. The number of aromatic nitrogens is 2. The van der Waals surface area contributed by atoms with Crippen LogP contribution in [-0.4, -0.2) is 42.2 Å². The van der Waals surface area contributed by atoms with Gasteiger partial charge >= 0.3 is 0 Å². The molecule has 0 unspecified atom stereocenters. The molecule has 0 N–H and O–H groups in total. The highest BCUT2D eigenvalue weighted by Crippen LogP contribution is 2.20. The Hall–Kier alpha value is -3.25. The third-order valence-corrected chi connectivity index (χ3v) is 4.65. The first-order valence-electron chi connectivity index (χ1n) is 9.38. The van der Waals surface area contributed by atoms with Gasteiger partial charge in [-0.2, -0.15) is 0 Å². The number of carbonyl (C=O) groups excluding carboxylic acids is 1. The number of benzene rings is 2. The molecule has 6 nitrogen and oxygen atoms in total. The van der Waals surface area contributed by atoms with Crippen molar-refractivity contribution in [3.05, 3.63) is 84.2 Å². The second kappa shape index (κ2) is 8.63. The van der Waals surface area contributed by atoms with E-state index in [1.807, 2.05) is 65.6 Å². The first-order valence-corrected chi connectivity index (χ1v) is 9.38. The van der Waals surface area contributed by atoms with Gasteiger partial charge in [0.2, 0.25) is 5.95 Å². The third-order valence-electron chi connectivity index (χ3n) is 4.65. The molecular formula is C22H22N4O2. The maximum Gasteiger partial charge on any atom is 0.277 e. The topological polar surface area (TPSA) is 58.6 Å². The van der Waals surface area contributed by atoms with Gasteiger partial charge in [0.1, 0.15) is 5.69 Å². The van der Waals surface area contributed by atoms with Crippen molar-refractivity contribution in [3.63, 3.8) is 0 Å². The van der Waals surface area contributed by atoms with Crippen LogP contribution in [0.25, 0.3) is 0 Å². The van der Waals surface area contributed by atoms with Crippen LogP contribution < -0.4 is 9.80 Å². The zero-order valence-electron chi connectivity index (χ0n) is 15.6. The lowest BCUT2D eigenvalue weighted by Crippen LogP contribution is -2.38. The molecule has 2 heterocycles. The largest absolute Gasteiger partial charge is 0.378 e. The average Bonchev–Trinajstić information content (AvgIpc) is 2.79. The number of rotatable bonds is 5. The fourth-order valence-corrected chi connectivity index (χ4v) is 3.18. The number of hydrogen-bond donors (Lipinski definition) is 0. The summed E-state index contributed by atoms with van der Waals surface area (Å²) >= 11 is 0. The molecule has 0 saturated carbocycles. The van der Waals surface area contributed by atoms with Crippen LogP contribution in [0.1, 0.15) is 16.1 Å². The molecule has 1 aromatic heterocycles. The van der Waals surface area contributed by atoms with Crippen LogP contribution in [0.5, 0.6) is 0 Å². The van der Waals surface area contributed by atoms with Gasteiger partial charge in [0.05, 0.1) is 19.8 Å². The molecule has 142 valence electrons. The van der Waals surface area contributed by atoms with E-state index in [-0.39, 0.29) is 5.91 Å². The van der Waals surface area contributed by atoms with Crippen LogP contribution in [0.4, 0.5) is 11.6 Å². The van der Waals surface area contributed by atoms with Gasteiger partial charge in [0.15, 0.2) is 0 Å². The summed E-state index contributed by atoms with van der Waals surface area (Å²) in [7, 11) is 0. The smallest absolute Gasteiger partial charge is 0.277 e. The van der Waals surface area contributed by atoms with Gasteiger partial charge in [-0.25, -0.2) is 9.97 Å². The zero-order chi connectivity index (χ0) is 19.2. The number of amides is 1. The highest BCUT2D eigenvalue weighted by molar-refractivity contribution is 6.04. The molecular weight excluding hydrogens is 352 g/mol. The number of morpholine rings is 1. The van der Waals surface area contributed by atoms with Crippen LogP contribution in [0.15, 0.2) is 72.9 Å². The standard InChI is InChI=1S/C22H22N4O2/c27-21(20-11-12-23-22(24-20)25-13-15-28-16-14-25)26(19-9-5-2-6-10-19)17-18-7-3-1-4-8-18/h1-12H,13-17H2. The highest BCUT2D eigenvalue weighted by atomic mass is 16.5. The zero-order valence-corrected chi connectivity index (χ0v) is 15.6. The number of para-hydroxylation sites is 1. The summed E-state index contributed by atoms with van der Waals surface area (Å²) in [6, 6.07) is 21.3. The predicted octanol–water partition coefficient (Wildman–Crippen LogP) is 3.16. The summed E-state index contributed by atoms with van der Waals surface area (Å²) in [4.78, 5) is 26.1. The van der Waals surface area contributed by atoms with Crippen molar-refractivity contribution in [2.45, 2.75) is 6.54 Å². The summed E-state index contributed by atoms with van der Waals surface area (Å²) < 4.78 is 5.39. The second-order valence-corrected chi connectivity index (χ2v) is 6.55.